The molecule has 2 aromatic carbocycles. The molecule has 0 fully saturated rings. The van der Waals surface area contributed by atoms with Gasteiger partial charge in [-0.15, -0.1) is 0 Å². The van der Waals surface area contributed by atoms with Gasteiger partial charge in [-0.25, -0.2) is 13.5 Å². The van der Waals surface area contributed by atoms with E-state index in [1.54, 1.807) is 0 Å². The number of rotatable bonds is 3. The van der Waals surface area contributed by atoms with Gasteiger partial charge in [0.2, 0.25) is 0 Å². The van der Waals surface area contributed by atoms with E-state index < -0.39 is 33.9 Å². The summed E-state index contributed by atoms with van der Waals surface area (Å²) in [7, 11) is -1.11. The van der Waals surface area contributed by atoms with Gasteiger partial charge in [-0.1, -0.05) is 24.3 Å². The highest BCUT2D eigenvalue weighted by atomic mass is 32.2. The number of carbonyl (C=O) groups is 1. The second-order valence-corrected chi connectivity index (χ2v) is 7.71. The van der Waals surface area contributed by atoms with Gasteiger partial charge in [-0.05, 0) is 30.7 Å². The van der Waals surface area contributed by atoms with Crippen molar-refractivity contribution in [2.45, 2.75) is 18.4 Å². The van der Waals surface area contributed by atoms with Gasteiger partial charge in [0, 0.05) is 16.4 Å². The third-order valence-electron chi connectivity index (χ3n) is 4.44. The molecule has 8 heteroatoms. The molecule has 1 N–H and O–H groups in total. The van der Waals surface area contributed by atoms with Crippen LogP contribution in [0, 0.1) is 18.6 Å². The molecule has 1 amide bonds. The van der Waals surface area contributed by atoms with Crippen molar-refractivity contribution in [3.8, 4) is 5.69 Å². The number of amides is 1. The smallest absolute Gasteiger partial charge is 0.262 e. The number of aryl methyl sites for hydroxylation is 1. The molecule has 0 aliphatic carbocycles. The lowest BCUT2D eigenvalue weighted by molar-refractivity contribution is 0.101. The summed E-state index contributed by atoms with van der Waals surface area (Å²) in [5.74, 6) is -2.01. The Bertz CT molecular complexity index is 1070. The molecule has 1 aromatic heterocycles. The maximum absolute atomic E-state index is 14.0. The Labute approximate surface area is 156 Å². The molecule has 0 saturated heterocycles. The number of aromatic nitrogens is 2. The van der Waals surface area contributed by atoms with Crippen molar-refractivity contribution in [1.29, 1.82) is 0 Å². The molecule has 1 aliphatic rings. The summed E-state index contributed by atoms with van der Waals surface area (Å²) in [6, 6.07) is 10.7. The zero-order chi connectivity index (χ0) is 19.1. The largest absolute Gasteiger partial charge is 0.306 e. The Morgan fingerprint density at radius 3 is 2.52 bits per heavy atom. The van der Waals surface area contributed by atoms with Crippen LogP contribution in [-0.2, 0) is 22.3 Å². The monoisotopic (exact) mass is 387 g/mol. The number of hydrogen-bond donors (Lipinski definition) is 1. The molecule has 5 nitrogen and oxygen atoms in total. The average molecular weight is 387 g/mol. The molecule has 0 bridgehead atoms. The molecule has 1 unspecified atom stereocenters. The van der Waals surface area contributed by atoms with E-state index in [9.17, 15) is 17.8 Å². The predicted molar refractivity (Wildman–Crippen MR) is 98.2 cm³/mol. The fraction of sp³-hybridized carbons (Fsp3) is 0.158. The number of fused-ring (bicyclic) bond motifs is 1. The van der Waals surface area contributed by atoms with Crippen LogP contribution in [0.2, 0.25) is 0 Å². The van der Waals surface area contributed by atoms with E-state index in [2.05, 4.69) is 10.4 Å². The van der Waals surface area contributed by atoms with Crippen LogP contribution < -0.4 is 5.32 Å². The standard InChI is InChI=1S/C19H15F2N3O2S/c1-11-5-2-3-8-16(11)24-18(12-9-27(26)10-15(12)23-24)22-19(25)17-13(20)6-4-7-14(17)21/h2-8H,9-10H2,1H3,(H,22,25). The molecule has 1 aliphatic heterocycles. The van der Waals surface area contributed by atoms with Crippen LogP contribution in [0.4, 0.5) is 14.6 Å². The molecule has 0 spiro atoms. The molecule has 138 valence electrons. The first kappa shape index (κ1) is 17.5. The zero-order valence-electron chi connectivity index (χ0n) is 14.3. The van der Waals surface area contributed by atoms with E-state index in [0.717, 1.165) is 23.4 Å². The van der Waals surface area contributed by atoms with E-state index in [0.29, 0.717) is 11.3 Å². The zero-order valence-corrected chi connectivity index (χ0v) is 15.1. The van der Waals surface area contributed by atoms with Crippen molar-refractivity contribution in [1.82, 2.24) is 9.78 Å². The Kier molecular flexibility index (Phi) is 4.35. The summed E-state index contributed by atoms with van der Waals surface area (Å²) in [6.45, 7) is 1.89. The summed E-state index contributed by atoms with van der Waals surface area (Å²) in [5, 5.41) is 7.07. The van der Waals surface area contributed by atoms with E-state index in [1.807, 2.05) is 31.2 Å². The molecule has 2 heterocycles. The van der Waals surface area contributed by atoms with Gasteiger partial charge in [-0.2, -0.15) is 5.10 Å². The predicted octanol–water partition coefficient (Wildman–Crippen LogP) is 3.47. The van der Waals surface area contributed by atoms with Crippen LogP contribution in [0.25, 0.3) is 5.69 Å². The molecule has 0 radical (unpaired) electrons. The van der Waals surface area contributed by atoms with Crippen LogP contribution in [0.1, 0.15) is 27.2 Å². The third-order valence-corrected chi connectivity index (χ3v) is 5.64. The number of hydrogen-bond acceptors (Lipinski definition) is 3. The maximum atomic E-state index is 14.0. The van der Waals surface area contributed by atoms with Crippen molar-refractivity contribution >= 4 is 22.5 Å². The van der Waals surface area contributed by atoms with Crippen LogP contribution in [0.3, 0.4) is 0 Å². The minimum absolute atomic E-state index is 0.233. The highest BCUT2D eigenvalue weighted by Crippen LogP contribution is 2.32. The average Bonchev–Trinajstić information content (AvgIpc) is 3.12. The molecule has 3 aromatic rings. The minimum Gasteiger partial charge on any atom is -0.306 e. The third kappa shape index (κ3) is 3.06. The summed E-state index contributed by atoms with van der Waals surface area (Å²) in [6.07, 6.45) is 0. The van der Waals surface area contributed by atoms with Crippen LogP contribution in [0.15, 0.2) is 42.5 Å². The maximum Gasteiger partial charge on any atom is 0.262 e. The quantitative estimate of drug-likeness (QED) is 0.749. The van der Waals surface area contributed by atoms with Crippen molar-refractivity contribution in [3.63, 3.8) is 0 Å². The SMILES string of the molecule is Cc1ccccc1-n1nc2c(c1NC(=O)c1c(F)cccc1F)CS(=O)C2. The Morgan fingerprint density at radius 1 is 1.11 bits per heavy atom. The Balaban J connectivity index is 1.82. The van der Waals surface area contributed by atoms with Gasteiger partial charge in [0.15, 0.2) is 0 Å². The number of anilines is 1. The molecular weight excluding hydrogens is 372 g/mol. The lowest BCUT2D eigenvalue weighted by Gasteiger charge is -2.13. The Hall–Kier alpha value is -2.87. The lowest BCUT2D eigenvalue weighted by atomic mass is 10.1. The first-order valence-electron chi connectivity index (χ1n) is 8.23. The first-order valence-corrected chi connectivity index (χ1v) is 9.71. The summed E-state index contributed by atoms with van der Waals surface area (Å²) in [5.41, 5.74) is 2.21. The van der Waals surface area contributed by atoms with Gasteiger partial charge in [0.1, 0.15) is 23.0 Å². The lowest BCUT2D eigenvalue weighted by Crippen LogP contribution is -2.19. The summed E-state index contributed by atoms with van der Waals surface area (Å²) < 4.78 is 41.4. The van der Waals surface area contributed by atoms with Gasteiger partial charge < -0.3 is 5.32 Å². The number of nitrogens with one attached hydrogen (secondary N) is 1. The second kappa shape index (κ2) is 6.70. The van der Waals surface area contributed by atoms with Gasteiger partial charge in [0.05, 0.1) is 22.9 Å². The molecule has 4 rings (SSSR count). The summed E-state index contributed by atoms with van der Waals surface area (Å²) >= 11 is 0. The van der Waals surface area contributed by atoms with Crippen molar-refractivity contribution in [2.75, 3.05) is 5.32 Å². The number of benzene rings is 2. The van der Waals surface area contributed by atoms with Gasteiger partial charge >= 0.3 is 0 Å². The van der Waals surface area contributed by atoms with E-state index >= 15 is 0 Å². The number of carbonyl (C=O) groups excluding carboxylic acids is 1. The number of halogens is 2. The van der Waals surface area contributed by atoms with E-state index in [1.165, 1.54) is 10.7 Å². The van der Waals surface area contributed by atoms with E-state index in [4.69, 9.17) is 0 Å². The fourth-order valence-electron chi connectivity index (χ4n) is 3.12. The van der Waals surface area contributed by atoms with Gasteiger partial charge in [-0.3, -0.25) is 9.00 Å². The Morgan fingerprint density at radius 2 is 1.81 bits per heavy atom. The number of para-hydroxylation sites is 1. The summed E-state index contributed by atoms with van der Waals surface area (Å²) in [4.78, 5) is 12.6. The topological polar surface area (TPSA) is 64.0 Å². The molecular formula is C19H15F2N3O2S. The molecule has 1 atom stereocenters. The van der Waals surface area contributed by atoms with Crippen LogP contribution in [0.5, 0.6) is 0 Å². The highest BCUT2D eigenvalue weighted by Gasteiger charge is 2.29. The second-order valence-electron chi connectivity index (χ2n) is 6.25. The van der Waals surface area contributed by atoms with Crippen molar-refractivity contribution < 1.29 is 17.8 Å². The minimum atomic E-state index is -1.11. The van der Waals surface area contributed by atoms with Gasteiger partial charge in [0.25, 0.3) is 5.91 Å². The van der Waals surface area contributed by atoms with E-state index in [-0.39, 0.29) is 17.3 Å². The van der Waals surface area contributed by atoms with Crippen LogP contribution >= 0.6 is 0 Å². The fourth-order valence-corrected chi connectivity index (χ4v) is 4.38. The first-order chi connectivity index (χ1) is 13.0. The normalized spacial score (nSPS) is 15.6. The molecule has 0 saturated carbocycles. The van der Waals surface area contributed by atoms with Crippen LogP contribution in [-0.4, -0.2) is 19.9 Å². The highest BCUT2D eigenvalue weighted by molar-refractivity contribution is 7.83. The van der Waals surface area contributed by atoms with Crippen molar-refractivity contribution in [2.24, 2.45) is 0 Å². The number of nitrogens with zero attached hydrogens (tertiary/aromatic N) is 2. The van der Waals surface area contributed by atoms with Crippen molar-refractivity contribution in [3.05, 3.63) is 76.5 Å². The molecule has 27 heavy (non-hydrogen) atoms.